The van der Waals surface area contributed by atoms with Crippen molar-refractivity contribution in [2.45, 2.75) is 53.9 Å². The van der Waals surface area contributed by atoms with Gasteiger partial charge in [-0.05, 0) is 25.7 Å². The van der Waals surface area contributed by atoms with Crippen LogP contribution in [0, 0.1) is 5.92 Å². The van der Waals surface area contributed by atoms with E-state index in [9.17, 15) is 0 Å². The Hall–Kier alpha value is -0.260. The highest BCUT2D eigenvalue weighted by molar-refractivity contribution is 5.13. The van der Waals surface area contributed by atoms with Crippen LogP contribution in [0.3, 0.4) is 0 Å². The average Bonchev–Trinajstić information content (AvgIpc) is 1.98. The lowest BCUT2D eigenvalue weighted by Crippen LogP contribution is -1.97. The molecule has 0 atom stereocenters. The highest BCUT2D eigenvalue weighted by atomic mass is 14.1. The molecule has 0 spiro atoms. The first-order valence-electron chi connectivity index (χ1n) is 4.81. The normalized spacial score (nSPS) is 13.6. The Labute approximate surface area is 71.7 Å². The molecular formula is C11H22. The summed E-state index contributed by atoms with van der Waals surface area (Å²) in [5, 5.41) is 0. The molecule has 0 radical (unpaired) electrons. The second-order valence-corrected chi connectivity index (χ2v) is 3.56. The monoisotopic (exact) mass is 154 g/mol. The Bertz CT molecular complexity index is 129. The molecule has 0 aliphatic rings. The summed E-state index contributed by atoms with van der Waals surface area (Å²) >= 11 is 0. The van der Waals surface area contributed by atoms with Crippen molar-refractivity contribution in [1.82, 2.24) is 0 Å². The molecule has 0 unspecified atom stereocenters. The van der Waals surface area contributed by atoms with E-state index in [1.807, 2.05) is 0 Å². The van der Waals surface area contributed by atoms with Crippen LogP contribution in [0.15, 0.2) is 11.1 Å². The summed E-state index contributed by atoms with van der Waals surface area (Å²) in [5.74, 6) is 0.745. The van der Waals surface area contributed by atoms with Crippen molar-refractivity contribution in [3.05, 3.63) is 11.1 Å². The fraction of sp³-hybridized carbons (Fsp3) is 0.818. The molecular weight excluding hydrogens is 132 g/mol. The van der Waals surface area contributed by atoms with Crippen LogP contribution >= 0.6 is 0 Å². The van der Waals surface area contributed by atoms with Crippen molar-refractivity contribution in [3.8, 4) is 0 Å². The van der Waals surface area contributed by atoms with Crippen LogP contribution in [0.4, 0.5) is 0 Å². The molecule has 0 N–H and O–H groups in total. The van der Waals surface area contributed by atoms with Crippen molar-refractivity contribution < 1.29 is 0 Å². The molecule has 0 fully saturated rings. The van der Waals surface area contributed by atoms with Gasteiger partial charge in [0.1, 0.15) is 0 Å². The van der Waals surface area contributed by atoms with Gasteiger partial charge < -0.3 is 0 Å². The molecule has 0 saturated heterocycles. The van der Waals surface area contributed by atoms with Gasteiger partial charge in [-0.25, -0.2) is 0 Å². The SMILES string of the molecule is CCC/C(=C(\C)CC)C(C)C. The minimum absolute atomic E-state index is 0.745. The maximum Gasteiger partial charge on any atom is -0.0258 e. The predicted octanol–water partition coefficient (Wildman–Crippen LogP) is 4.17. The van der Waals surface area contributed by atoms with Crippen molar-refractivity contribution in [2.24, 2.45) is 5.92 Å². The van der Waals surface area contributed by atoms with Crippen LogP contribution in [0.25, 0.3) is 0 Å². The fourth-order valence-electron chi connectivity index (χ4n) is 1.49. The van der Waals surface area contributed by atoms with E-state index in [-0.39, 0.29) is 0 Å². The van der Waals surface area contributed by atoms with Crippen LogP contribution in [-0.2, 0) is 0 Å². The topological polar surface area (TPSA) is 0 Å². The quantitative estimate of drug-likeness (QED) is 0.533. The molecule has 0 nitrogen and oxygen atoms in total. The van der Waals surface area contributed by atoms with Crippen LogP contribution < -0.4 is 0 Å². The summed E-state index contributed by atoms with van der Waals surface area (Å²) in [6.45, 7) is 11.4. The zero-order valence-corrected chi connectivity index (χ0v) is 8.70. The lowest BCUT2D eigenvalue weighted by molar-refractivity contribution is 0.683. The van der Waals surface area contributed by atoms with Gasteiger partial charge in [0.15, 0.2) is 0 Å². The lowest BCUT2D eigenvalue weighted by Gasteiger charge is -2.13. The molecule has 0 aliphatic carbocycles. The largest absolute Gasteiger partial charge is 0.0741 e. The second-order valence-electron chi connectivity index (χ2n) is 3.56. The first kappa shape index (κ1) is 10.7. The van der Waals surface area contributed by atoms with E-state index in [2.05, 4.69) is 34.6 Å². The molecule has 0 amide bonds. The van der Waals surface area contributed by atoms with Gasteiger partial charge in [-0.2, -0.15) is 0 Å². The highest BCUT2D eigenvalue weighted by Crippen LogP contribution is 2.21. The van der Waals surface area contributed by atoms with E-state index in [1.165, 1.54) is 19.3 Å². The zero-order chi connectivity index (χ0) is 8.85. The minimum atomic E-state index is 0.745. The number of hydrogen-bond donors (Lipinski definition) is 0. The van der Waals surface area contributed by atoms with Gasteiger partial charge in [0.25, 0.3) is 0 Å². The first-order valence-corrected chi connectivity index (χ1v) is 4.81. The third-order valence-electron chi connectivity index (χ3n) is 2.29. The summed E-state index contributed by atoms with van der Waals surface area (Å²) < 4.78 is 0. The summed E-state index contributed by atoms with van der Waals surface area (Å²) in [4.78, 5) is 0. The van der Waals surface area contributed by atoms with Crippen molar-refractivity contribution in [2.75, 3.05) is 0 Å². The van der Waals surface area contributed by atoms with E-state index in [4.69, 9.17) is 0 Å². The first-order chi connectivity index (χ1) is 5.13. The highest BCUT2D eigenvalue weighted by Gasteiger charge is 2.04. The second kappa shape index (κ2) is 5.40. The predicted molar refractivity (Wildman–Crippen MR) is 52.7 cm³/mol. The smallest absolute Gasteiger partial charge is 0.0258 e. The Kier molecular flexibility index (Phi) is 5.27. The fourth-order valence-corrected chi connectivity index (χ4v) is 1.49. The van der Waals surface area contributed by atoms with E-state index < -0.39 is 0 Å². The number of rotatable bonds is 4. The third kappa shape index (κ3) is 3.60. The Morgan fingerprint density at radius 3 is 2.00 bits per heavy atom. The molecule has 66 valence electrons. The van der Waals surface area contributed by atoms with E-state index in [0.717, 1.165) is 5.92 Å². The Morgan fingerprint density at radius 1 is 1.18 bits per heavy atom. The van der Waals surface area contributed by atoms with Crippen molar-refractivity contribution >= 4 is 0 Å². The van der Waals surface area contributed by atoms with Gasteiger partial charge >= 0.3 is 0 Å². The van der Waals surface area contributed by atoms with Gasteiger partial charge in [-0.1, -0.05) is 45.3 Å². The molecule has 0 rings (SSSR count). The maximum atomic E-state index is 2.30. The van der Waals surface area contributed by atoms with Gasteiger partial charge in [0.2, 0.25) is 0 Å². The van der Waals surface area contributed by atoms with Gasteiger partial charge in [-0.3, -0.25) is 0 Å². The molecule has 0 heterocycles. The molecule has 0 aromatic heterocycles. The van der Waals surface area contributed by atoms with E-state index >= 15 is 0 Å². The summed E-state index contributed by atoms with van der Waals surface area (Å²) in [7, 11) is 0. The standard InChI is InChI=1S/C11H22/c1-6-8-11(9(3)4)10(5)7-2/h9H,6-8H2,1-5H3/b11-10-. The number of hydrogen-bond acceptors (Lipinski definition) is 0. The van der Waals surface area contributed by atoms with Gasteiger partial charge in [0.05, 0.1) is 0 Å². The summed E-state index contributed by atoms with van der Waals surface area (Å²) in [5.41, 5.74) is 3.27. The van der Waals surface area contributed by atoms with Gasteiger partial charge in [0, 0.05) is 0 Å². The van der Waals surface area contributed by atoms with Crippen LogP contribution in [0.5, 0.6) is 0 Å². The van der Waals surface area contributed by atoms with Crippen LogP contribution in [-0.4, -0.2) is 0 Å². The minimum Gasteiger partial charge on any atom is -0.0741 e. The summed E-state index contributed by atoms with van der Waals surface area (Å²) in [6.07, 6.45) is 3.79. The molecule has 0 heteroatoms. The van der Waals surface area contributed by atoms with Crippen molar-refractivity contribution in [3.63, 3.8) is 0 Å². The van der Waals surface area contributed by atoms with Crippen molar-refractivity contribution in [1.29, 1.82) is 0 Å². The average molecular weight is 154 g/mol. The Morgan fingerprint density at radius 2 is 1.73 bits per heavy atom. The maximum absolute atomic E-state index is 2.30. The lowest BCUT2D eigenvalue weighted by atomic mass is 9.93. The summed E-state index contributed by atoms with van der Waals surface area (Å²) in [6, 6.07) is 0. The molecule has 0 bridgehead atoms. The number of allylic oxidation sites excluding steroid dienone is 2. The molecule has 11 heavy (non-hydrogen) atoms. The molecule has 0 aromatic rings. The third-order valence-corrected chi connectivity index (χ3v) is 2.29. The molecule has 0 saturated carbocycles. The molecule has 0 aliphatic heterocycles. The zero-order valence-electron chi connectivity index (χ0n) is 8.70. The Balaban J connectivity index is 4.30. The van der Waals surface area contributed by atoms with E-state index in [1.54, 1.807) is 11.1 Å². The van der Waals surface area contributed by atoms with E-state index in [0.29, 0.717) is 0 Å². The molecule has 0 aromatic carbocycles. The van der Waals surface area contributed by atoms with Crippen LogP contribution in [0.1, 0.15) is 53.9 Å². The van der Waals surface area contributed by atoms with Crippen LogP contribution in [0.2, 0.25) is 0 Å². The van der Waals surface area contributed by atoms with Gasteiger partial charge in [-0.15, -0.1) is 0 Å².